The number of rotatable bonds is 9. The molecule has 2 aromatic heterocycles. The average Bonchev–Trinajstić information content (AvgIpc) is 3.44. The zero-order valence-electron chi connectivity index (χ0n) is 23.4. The highest BCUT2D eigenvalue weighted by Gasteiger charge is 2.37. The molecule has 15 heteroatoms. The first-order valence-corrected chi connectivity index (χ1v) is 15.5. The lowest BCUT2D eigenvalue weighted by Crippen LogP contribution is -2.54. The van der Waals surface area contributed by atoms with Crippen molar-refractivity contribution in [2.75, 3.05) is 20.1 Å². The third kappa shape index (κ3) is 6.56. The molecule has 0 aliphatic carbocycles. The fourth-order valence-corrected chi connectivity index (χ4v) is 7.00. The van der Waals surface area contributed by atoms with Gasteiger partial charge in [0.25, 0.3) is 11.6 Å². The standard InChI is InChI=1S/C29H28ClFN6O6S/c1-35(44(42,43)26-5-3-2-4-25(26)37(40)41)21-10-12-36(13-11-21)29(39)23(14-18-6-8-20(31)9-7-18)34-28(38)22-15-19-16-27(30)32-17-24(19)33-22/h2-9,15-17,21,23,33H,10-14H2,1H3,(H,34,38)/t23-/m0/s1. The van der Waals surface area contributed by atoms with Crippen LogP contribution in [-0.2, 0) is 21.2 Å². The lowest BCUT2D eigenvalue weighted by Gasteiger charge is -2.37. The number of fused-ring (bicyclic) bond motifs is 1. The number of pyridine rings is 1. The maximum Gasteiger partial charge on any atom is 0.289 e. The fourth-order valence-electron chi connectivity index (χ4n) is 5.27. The molecule has 4 aromatic rings. The summed E-state index contributed by atoms with van der Waals surface area (Å²) in [6, 6.07) is 12.4. The van der Waals surface area contributed by atoms with Crippen LogP contribution >= 0.6 is 11.6 Å². The van der Waals surface area contributed by atoms with Crippen molar-refractivity contribution in [2.24, 2.45) is 0 Å². The van der Waals surface area contributed by atoms with E-state index in [4.69, 9.17) is 11.6 Å². The van der Waals surface area contributed by atoms with Crippen LogP contribution in [0.25, 0.3) is 10.9 Å². The van der Waals surface area contributed by atoms with Gasteiger partial charge in [-0.3, -0.25) is 19.7 Å². The van der Waals surface area contributed by atoms with E-state index in [9.17, 15) is 32.5 Å². The molecule has 1 fully saturated rings. The first-order chi connectivity index (χ1) is 20.9. The molecule has 0 saturated carbocycles. The summed E-state index contributed by atoms with van der Waals surface area (Å²) in [5.74, 6) is -1.36. The second kappa shape index (κ2) is 12.7. The average molecular weight is 643 g/mol. The van der Waals surface area contributed by atoms with E-state index in [1.165, 1.54) is 55.7 Å². The van der Waals surface area contributed by atoms with E-state index >= 15 is 0 Å². The Balaban J connectivity index is 1.31. The molecule has 12 nitrogen and oxygen atoms in total. The summed E-state index contributed by atoms with van der Waals surface area (Å²) >= 11 is 5.96. The molecule has 0 spiro atoms. The molecule has 0 unspecified atom stereocenters. The molecular weight excluding hydrogens is 615 g/mol. The first kappa shape index (κ1) is 31.0. The number of aromatic amines is 1. The number of likely N-dealkylation sites (tertiary alicyclic amines) is 1. The largest absolute Gasteiger partial charge is 0.349 e. The van der Waals surface area contributed by atoms with Gasteiger partial charge in [-0.05, 0) is 48.7 Å². The molecule has 1 saturated heterocycles. The van der Waals surface area contributed by atoms with E-state index in [1.807, 2.05) is 0 Å². The second-order valence-electron chi connectivity index (χ2n) is 10.4. The van der Waals surface area contributed by atoms with E-state index < -0.39 is 49.3 Å². The van der Waals surface area contributed by atoms with Crippen LogP contribution in [0.5, 0.6) is 0 Å². The second-order valence-corrected chi connectivity index (χ2v) is 12.8. The van der Waals surface area contributed by atoms with Gasteiger partial charge in [-0.15, -0.1) is 0 Å². The molecule has 0 bridgehead atoms. The quantitative estimate of drug-likeness (QED) is 0.159. The van der Waals surface area contributed by atoms with Crippen molar-refractivity contribution in [3.05, 3.63) is 99.2 Å². The lowest BCUT2D eigenvalue weighted by molar-refractivity contribution is -0.387. The SMILES string of the molecule is CN(C1CCN(C(=O)[C@H](Cc2ccc(F)cc2)NC(=O)c2cc3cc(Cl)ncc3[nH]2)CC1)S(=O)(=O)c1ccccc1[N+](=O)[O-]. The van der Waals surface area contributed by atoms with Crippen molar-refractivity contribution in [3.8, 4) is 0 Å². The van der Waals surface area contributed by atoms with Gasteiger partial charge in [-0.2, -0.15) is 4.31 Å². The fraction of sp³-hybridized carbons (Fsp3) is 0.276. The van der Waals surface area contributed by atoms with Crippen LogP contribution in [0.2, 0.25) is 5.15 Å². The molecular formula is C29H28ClFN6O6S. The van der Waals surface area contributed by atoms with Crippen molar-refractivity contribution in [1.29, 1.82) is 0 Å². The number of benzene rings is 2. The van der Waals surface area contributed by atoms with Crippen LogP contribution in [-0.4, -0.2) is 76.5 Å². The van der Waals surface area contributed by atoms with Gasteiger partial charge in [0.15, 0.2) is 4.90 Å². The Morgan fingerprint density at radius 2 is 1.86 bits per heavy atom. The number of amides is 2. The molecule has 1 atom stereocenters. The molecule has 5 rings (SSSR count). The Hall–Kier alpha value is -4.40. The monoisotopic (exact) mass is 642 g/mol. The molecule has 3 heterocycles. The number of aromatic nitrogens is 2. The maximum atomic E-state index is 13.8. The number of para-hydroxylation sites is 1. The van der Waals surface area contributed by atoms with Gasteiger partial charge in [0.2, 0.25) is 15.9 Å². The molecule has 2 aromatic carbocycles. The minimum atomic E-state index is -4.19. The molecule has 1 aliphatic rings. The number of carbonyl (C=O) groups is 2. The predicted octanol–water partition coefficient (Wildman–Crippen LogP) is 3.92. The number of piperidine rings is 1. The van der Waals surface area contributed by atoms with Gasteiger partial charge >= 0.3 is 0 Å². The van der Waals surface area contributed by atoms with Crippen LogP contribution < -0.4 is 5.32 Å². The van der Waals surface area contributed by atoms with E-state index in [2.05, 4.69) is 15.3 Å². The topological polar surface area (TPSA) is 159 Å². The number of nitro benzene ring substituents is 1. The number of nitrogens with zero attached hydrogens (tertiary/aromatic N) is 4. The number of halogens is 2. The van der Waals surface area contributed by atoms with Gasteiger partial charge in [-0.25, -0.2) is 17.8 Å². The zero-order chi connectivity index (χ0) is 31.6. The maximum absolute atomic E-state index is 13.8. The summed E-state index contributed by atoms with van der Waals surface area (Å²) in [6.07, 6.45) is 2.13. The van der Waals surface area contributed by atoms with Gasteiger partial charge in [0, 0.05) is 44.1 Å². The summed E-state index contributed by atoms with van der Waals surface area (Å²) in [5, 5.41) is 15.2. The number of sulfonamides is 1. The zero-order valence-corrected chi connectivity index (χ0v) is 25.0. The number of carbonyl (C=O) groups excluding carboxylic acids is 2. The highest BCUT2D eigenvalue weighted by Crippen LogP contribution is 2.29. The van der Waals surface area contributed by atoms with Crippen LogP contribution in [0, 0.1) is 15.9 Å². The van der Waals surface area contributed by atoms with Gasteiger partial charge in [0.05, 0.1) is 16.6 Å². The van der Waals surface area contributed by atoms with Crippen molar-refractivity contribution >= 4 is 50.0 Å². The third-order valence-electron chi connectivity index (χ3n) is 7.68. The third-order valence-corrected chi connectivity index (χ3v) is 9.85. The normalized spacial score (nSPS) is 15.0. The van der Waals surface area contributed by atoms with Crippen LogP contribution in [0.15, 0.2) is 71.8 Å². The van der Waals surface area contributed by atoms with E-state index in [1.54, 1.807) is 17.0 Å². The Bertz CT molecular complexity index is 1830. The van der Waals surface area contributed by atoms with Crippen molar-refractivity contribution in [2.45, 2.75) is 36.2 Å². The number of hydrogen-bond acceptors (Lipinski definition) is 7. The Kier molecular flexibility index (Phi) is 8.95. The van der Waals surface area contributed by atoms with Crippen LogP contribution in [0.1, 0.15) is 28.9 Å². The summed E-state index contributed by atoms with van der Waals surface area (Å²) in [7, 11) is -2.82. The Labute approximate surface area is 257 Å². The van der Waals surface area contributed by atoms with Crippen LogP contribution in [0.4, 0.5) is 10.1 Å². The van der Waals surface area contributed by atoms with Crippen molar-refractivity contribution in [3.63, 3.8) is 0 Å². The summed E-state index contributed by atoms with van der Waals surface area (Å²) in [5.41, 5.74) is 0.896. The molecule has 44 heavy (non-hydrogen) atoms. The number of nitrogens with one attached hydrogen (secondary N) is 2. The summed E-state index contributed by atoms with van der Waals surface area (Å²) in [4.78, 5) is 45.8. The minimum absolute atomic E-state index is 0.0876. The molecule has 2 N–H and O–H groups in total. The molecule has 2 amide bonds. The lowest BCUT2D eigenvalue weighted by atomic mass is 10.0. The minimum Gasteiger partial charge on any atom is -0.349 e. The van der Waals surface area contributed by atoms with E-state index in [0.29, 0.717) is 16.5 Å². The van der Waals surface area contributed by atoms with Gasteiger partial charge < -0.3 is 15.2 Å². The highest BCUT2D eigenvalue weighted by molar-refractivity contribution is 7.89. The van der Waals surface area contributed by atoms with Crippen LogP contribution in [0.3, 0.4) is 0 Å². The van der Waals surface area contributed by atoms with E-state index in [0.717, 1.165) is 10.4 Å². The smallest absolute Gasteiger partial charge is 0.289 e. The van der Waals surface area contributed by atoms with Gasteiger partial charge in [0.1, 0.15) is 22.7 Å². The van der Waals surface area contributed by atoms with Gasteiger partial charge in [-0.1, -0.05) is 35.9 Å². The first-order valence-electron chi connectivity index (χ1n) is 13.6. The number of nitro groups is 1. The number of H-pyrrole nitrogens is 1. The molecule has 230 valence electrons. The molecule has 1 aliphatic heterocycles. The summed E-state index contributed by atoms with van der Waals surface area (Å²) < 4.78 is 41.3. The van der Waals surface area contributed by atoms with Crippen molar-refractivity contribution in [1.82, 2.24) is 24.5 Å². The predicted molar refractivity (Wildman–Crippen MR) is 160 cm³/mol. The van der Waals surface area contributed by atoms with E-state index in [-0.39, 0.29) is 49.1 Å². The highest BCUT2D eigenvalue weighted by atomic mass is 35.5. The number of hydrogen-bond donors (Lipinski definition) is 2. The summed E-state index contributed by atoms with van der Waals surface area (Å²) in [6.45, 7) is 0.374. The van der Waals surface area contributed by atoms with Crippen molar-refractivity contribution < 1.29 is 27.3 Å². The molecule has 0 radical (unpaired) electrons. The Morgan fingerprint density at radius 1 is 1.18 bits per heavy atom. The Morgan fingerprint density at radius 3 is 2.55 bits per heavy atom.